The number of hydrogen-bond acceptors (Lipinski definition) is 2. The van der Waals surface area contributed by atoms with Gasteiger partial charge >= 0.3 is 0 Å². The van der Waals surface area contributed by atoms with E-state index >= 15 is 0 Å². The van der Waals surface area contributed by atoms with Gasteiger partial charge in [0.2, 0.25) is 5.91 Å². The van der Waals surface area contributed by atoms with Crippen LogP contribution in [-0.4, -0.2) is 30.4 Å². The Morgan fingerprint density at radius 2 is 1.71 bits per heavy atom. The van der Waals surface area contributed by atoms with Gasteiger partial charge in [0.15, 0.2) is 0 Å². The van der Waals surface area contributed by atoms with Crippen molar-refractivity contribution in [1.29, 1.82) is 0 Å². The molecule has 0 heterocycles. The molecule has 0 radical (unpaired) electrons. The molecule has 0 aliphatic carbocycles. The van der Waals surface area contributed by atoms with E-state index in [4.69, 9.17) is 5.73 Å². The molecule has 0 saturated heterocycles. The molecule has 3 nitrogen and oxygen atoms in total. The van der Waals surface area contributed by atoms with Crippen molar-refractivity contribution in [2.75, 3.05) is 13.6 Å². The van der Waals surface area contributed by atoms with E-state index in [9.17, 15) is 4.79 Å². The first-order chi connectivity index (χ1) is 7.77. The molecule has 2 N–H and O–H groups in total. The van der Waals surface area contributed by atoms with Crippen LogP contribution in [0.3, 0.4) is 0 Å². The highest BCUT2D eigenvalue weighted by atomic mass is 16.2. The summed E-state index contributed by atoms with van der Waals surface area (Å²) in [4.78, 5) is 13.3. The van der Waals surface area contributed by atoms with Crippen LogP contribution >= 0.6 is 0 Å². The predicted octanol–water partition coefficient (Wildman–Crippen LogP) is 2.81. The highest BCUT2D eigenvalue weighted by Crippen LogP contribution is 2.02. The van der Waals surface area contributed by atoms with Gasteiger partial charge in [-0.2, -0.15) is 0 Å². The number of allylic oxidation sites excluding steroid dienone is 1. The van der Waals surface area contributed by atoms with E-state index in [-0.39, 0.29) is 17.9 Å². The Kier molecular flexibility index (Phi) is 11.3. The van der Waals surface area contributed by atoms with E-state index in [1.807, 2.05) is 33.8 Å². The molecule has 1 unspecified atom stereocenters. The smallest absolute Gasteiger partial charge is 0.239 e. The highest BCUT2D eigenvalue weighted by molar-refractivity contribution is 5.81. The Morgan fingerprint density at radius 3 is 2.00 bits per heavy atom. The van der Waals surface area contributed by atoms with Crippen molar-refractivity contribution in [1.82, 2.24) is 4.90 Å². The lowest BCUT2D eigenvalue weighted by molar-refractivity contribution is -0.131. The molecule has 3 heteroatoms. The Hall–Kier alpha value is -0.830. The first-order valence-electron chi connectivity index (χ1n) is 6.41. The largest absolute Gasteiger partial charge is 0.341 e. The number of carbonyl (C=O) groups is 1. The zero-order valence-electron chi connectivity index (χ0n) is 12.6. The molecule has 102 valence electrons. The quantitative estimate of drug-likeness (QED) is 0.771. The second-order valence-electron chi connectivity index (χ2n) is 4.98. The molecule has 0 fully saturated rings. The molecule has 0 aromatic carbocycles. The molecule has 0 bridgehead atoms. The van der Waals surface area contributed by atoms with E-state index < -0.39 is 0 Å². The minimum absolute atomic E-state index is 0.0116. The van der Waals surface area contributed by atoms with Crippen LogP contribution in [0.4, 0.5) is 0 Å². The van der Waals surface area contributed by atoms with Crippen LogP contribution in [0, 0.1) is 5.92 Å². The lowest BCUT2D eigenvalue weighted by Gasteiger charge is -2.22. The summed E-state index contributed by atoms with van der Waals surface area (Å²) in [6.45, 7) is 12.8. The van der Waals surface area contributed by atoms with E-state index in [0.29, 0.717) is 6.54 Å². The number of hydrogen-bond donors (Lipinski definition) is 1. The van der Waals surface area contributed by atoms with Gasteiger partial charge in [-0.15, -0.1) is 0 Å². The molecule has 0 aliphatic rings. The Labute approximate surface area is 107 Å². The number of nitrogens with zero attached hydrogens (tertiary/aromatic N) is 1. The summed E-state index contributed by atoms with van der Waals surface area (Å²) in [6.07, 6.45) is 3.27. The molecule has 0 rings (SSSR count). The van der Waals surface area contributed by atoms with Crippen LogP contribution in [-0.2, 0) is 4.79 Å². The van der Waals surface area contributed by atoms with E-state index in [0.717, 1.165) is 0 Å². The van der Waals surface area contributed by atoms with Gasteiger partial charge in [-0.1, -0.05) is 45.8 Å². The fourth-order valence-electron chi connectivity index (χ4n) is 0.949. The molecular weight excluding hydrogens is 212 g/mol. The van der Waals surface area contributed by atoms with Gasteiger partial charge in [-0.25, -0.2) is 0 Å². The second kappa shape index (κ2) is 10.3. The van der Waals surface area contributed by atoms with Crippen molar-refractivity contribution in [2.24, 2.45) is 11.7 Å². The maximum atomic E-state index is 11.7. The third-order valence-corrected chi connectivity index (χ3v) is 2.15. The van der Waals surface area contributed by atoms with Crippen LogP contribution in [0.5, 0.6) is 0 Å². The molecule has 0 aromatic heterocycles. The van der Waals surface area contributed by atoms with Gasteiger partial charge in [0.1, 0.15) is 0 Å². The first-order valence-corrected chi connectivity index (χ1v) is 6.41. The summed E-state index contributed by atoms with van der Waals surface area (Å²) < 4.78 is 0. The summed E-state index contributed by atoms with van der Waals surface area (Å²) in [6, 6.07) is -0.384. The highest BCUT2D eigenvalue weighted by Gasteiger charge is 2.19. The lowest BCUT2D eigenvalue weighted by Crippen LogP contribution is -2.44. The Bertz CT molecular complexity index is 230. The van der Waals surface area contributed by atoms with Crippen LogP contribution in [0.2, 0.25) is 0 Å². The maximum Gasteiger partial charge on any atom is 0.239 e. The fourth-order valence-corrected chi connectivity index (χ4v) is 0.949. The minimum atomic E-state index is -0.384. The van der Waals surface area contributed by atoms with Crippen molar-refractivity contribution in [3.63, 3.8) is 0 Å². The zero-order chi connectivity index (χ0) is 14.0. The standard InChI is InChI=1S/C11H22N2O.C3H8/c1-8(2)6-7-13(5)11(14)10(12)9(3)4;1-3-2/h6,9-10H,7,12H2,1-5H3;3H2,1-2H3. The van der Waals surface area contributed by atoms with Crippen LogP contribution < -0.4 is 5.73 Å². The maximum absolute atomic E-state index is 11.7. The summed E-state index contributed by atoms with van der Waals surface area (Å²) >= 11 is 0. The summed E-state index contributed by atoms with van der Waals surface area (Å²) in [5.74, 6) is 0.203. The monoisotopic (exact) mass is 242 g/mol. The lowest BCUT2D eigenvalue weighted by atomic mass is 10.0. The summed E-state index contributed by atoms with van der Waals surface area (Å²) in [5.41, 5.74) is 6.97. The van der Waals surface area contributed by atoms with E-state index in [1.54, 1.807) is 11.9 Å². The molecule has 0 aromatic rings. The van der Waals surface area contributed by atoms with Crippen LogP contribution in [0.15, 0.2) is 11.6 Å². The average Bonchev–Trinajstić information content (AvgIpc) is 2.24. The van der Waals surface area contributed by atoms with Crippen LogP contribution in [0.25, 0.3) is 0 Å². The SMILES string of the molecule is CC(C)=CCN(C)C(=O)C(N)C(C)C.CCC. The van der Waals surface area contributed by atoms with Gasteiger partial charge < -0.3 is 10.6 Å². The van der Waals surface area contributed by atoms with Gasteiger partial charge in [0, 0.05) is 13.6 Å². The van der Waals surface area contributed by atoms with Gasteiger partial charge in [-0.3, -0.25) is 4.79 Å². The number of likely N-dealkylation sites (N-methyl/N-ethyl adjacent to an activating group) is 1. The summed E-state index contributed by atoms with van der Waals surface area (Å²) in [7, 11) is 1.78. The van der Waals surface area contributed by atoms with Crippen molar-refractivity contribution in [3.05, 3.63) is 11.6 Å². The second-order valence-corrected chi connectivity index (χ2v) is 4.98. The van der Waals surface area contributed by atoms with Crippen molar-refractivity contribution >= 4 is 5.91 Å². The zero-order valence-corrected chi connectivity index (χ0v) is 12.6. The number of rotatable bonds is 4. The average molecular weight is 242 g/mol. The summed E-state index contributed by atoms with van der Waals surface area (Å²) in [5, 5.41) is 0. The predicted molar refractivity (Wildman–Crippen MR) is 75.8 cm³/mol. The minimum Gasteiger partial charge on any atom is -0.341 e. The van der Waals surface area contributed by atoms with E-state index in [1.165, 1.54) is 12.0 Å². The van der Waals surface area contributed by atoms with Crippen molar-refractivity contribution in [2.45, 2.75) is 54.0 Å². The third-order valence-electron chi connectivity index (χ3n) is 2.15. The Morgan fingerprint density at radius 1 is 1.29 bits per heavy atom. The first kappa shape index (κ1) is 18.5. The molecule has 1 atom stereocenters. The normalized spacial score (nSPS) is 11.4. The molecule has 0 spiro atoms. The van der Waals surface area contributed by atoms with Crippen molar-refractivity contribution in [3.8, 4) is 0 Å². The van der Waals surface area contributed by atoms with E-state index in [2.05, 4.69) is 13.8 Å². The third kappa shape index (κ3) is 10.1. The Balaban J connectivity index is 0. The molecule has 17 heavy (non-hydrogen) atoms. The number of carbonyl (C=O) groups excluding carboxylic acids is 1. The molecule has 0 aliphatic heterocycles. The number of nitrogens with two attached hydrogens (primary N) is 1. The topological polar surface area (TPSA) is 46.3 Å². The van der Waals surface area contributed by atoms with Gasteiger partial charge in [-0.05, 0) is 19.8 Å². The molecule has 0 saturated carbocycles. The van der Waals surface area contributed by atoms with Gasteiger partial charge in [0.25, 0.3) is 0 Å². The molecule has 1 amide bonds. The molecular formula is C14H30N2O. The van der Waals surface area contributed by atoms with Crippen molar-refractivity contribution < 1.29 is 4.79 Å². The fraction of sp³-hybridized carbons (Fsp3) is 0.786. The van der Waals surface area contributed by atoms with Gasteiger partial charge in [0.05, 0.1) is 6.04 Å². The number of amides is 1. The van der Waals surface area contributed by atoms with Crippen LogP contribution in [0.1, 0.15) is 48.0 Å².